The number of aliphatic carboxylic acids is 1. The van der Waals surface area contributed by atoms with Gasteiger partial charge in [-0.15, -0.1) is 0 Å². The summed E-state index contributed by atoms with van der Waals surface area (Å²) >= 11 is 0. The summed E-state index contributed by atoms with van der Waals surface area (Å²) in [6.07, 6.45) is 1.45. The van der Waals surface area contributed by atoms with Gasteiger partial charge in [0.1, 0.15) is 6.04 Å². The molecule has 0 saturated heterocycles. The van der Waals surface area contributed by atoms with Gasteiger partial charge in [0.25, 0.3) is 0 Å². The number of amides is 2. The molecule has 6 heteroatoms. The van der Waals surface area contributed by atoms with E-state index in [1.807, 2.05) is 20.8 Å². The van der Waals surface area contributed by atoms with Crippen molar-refractivity contribution in [2.24, 2.45) is 11.8 Å². The third-order valence-corrected chi connectivity index (χ3v) is 3.40. The molecule has 6 nitrogen and oxygen atoms in total. The van der Waals surface area contributed by atoms with Crippen LogP contribution in [0, 0.1) is 11.8 Å². The van der Waals surface area contributed by atoms with E-state index in [9.17, 15) is 14.4 Å². The van der Waals surface area contributed by atoms with Crippen molar-refractivity contribution in [1.82, 2.24) is 10.6 Å². The number of carbonyl (C=O) groups is 3. The van der Waals surface area contributed by atoms with E-state index in [4.69, 9.17) is 5.11 Å². The Labute approximate surface area is 119 Å². The summed E-state index contributed by atoms with van der Waals surface area (Å²) in [4.78, 5) is 34.7. The van der Waals surface area contributed by atoms with Crippen LogP contribution in [-0.2, 0) is 14.4 Å². The van der Waals surface area contributed by atoms with Crippen molar-refractivity contribution in [3.8, 4) is 0 Å². The van der Waals surface area contributed by atoms with Gasteiger partial charge in [-0.05, 0) is 47.0 Å². The van der Waals surface area contributed by atoms with E-state index in [2.05, 4.69) is 10.6 Å². The molecule has 0 aromatic heterocycles. The summed E-state index contributed by atoms with van der Waals surface area (Å²) in [7, 11) is 0. The van der Waals surface area contributed by atoms with E-state index in [1.54, 1.807) is 6.92 Å². The normalized spacial score (nSPS) is 24.0. The molecule has 20 heavy (non-hydrogen) atoms. The molecule has 0 aliphatic heterocycles. The molecule has 0 bridgehead atoms. The fourth-order valence-electron chi connectivity index (χ4n) is 2.32. The maximum Gasteiger partial charge on any atom is 0.306 e. The average Bonchev–Trinajstić information content (AvgIpc) is 2.75. The highest BCUT2D eigenvalue weighted by Crippen LogP contribution is 2.31. The highest BCUT2D eigenvalue weighted by Gasteiger charge is 2.34. The number of hydrogen-bond acceptors (Lipinski definition) is 3. The van der Waals surface area contributed by atoms with Crippen molar-refractivity contribution in [3.63, 3.8) is 0 Å². The highest BCUT2D eigenvalue weighted by molar-refractivity contribution is 5.89. The molecule has 0 heterocycles. The minimum Gasteiger partial charge on any atom is -0.481 e. The maximum atomic E-state index is 12.0. The standard InChI is InChI=1S/C14H24N2O4/c1-8(11(17)16-14(2,3)4)15-12(18)9-5-6-10(7-9)13(19)20/h8-10H,5-7H2,1-4H3,(H,15,18)(H,16,17)(H,19,20)/t8?,9-,10+/m1/s1. The van der Waals surface area contributed by atoms with Crippen LogP contribution in [0.2, 0.25) is 0 Å². The first-order valence-electron chi connectivity index (χ1n) is 6.95. The molecule has 1 aliphatic carbocycles. The van der Waals surface area contributed by atoms with Gasteiger partial charge in [0.15, 0.2) is 0 Å². The Morgan fingerprint density at radius 3 is 2.15 bits per heavy atom. The molecule has 1 aliphatic rings. The highest BCUT2D eigenvalue weighted by atomic mass is 16.4. The van der Waals surface area contributed by atoms with Crippen LogP contribution in [0.4, 0.5) is 0 Å². The van der Waals surface area contributed by atoms with Crippen LogP contribution in [-0.4, -0.2) is 34.5 Å². The summed E-state index contributed by atoms with van der Waals surface area (Å²) in [5, 5.41) is 14.4. The molecule has 1 rings (SSSR count). The van der Waals surface area contributed by atoms with Crippen LogP contribution in [0.5, 0.6) is 0 Å². The van der Waals surface area contributed by atoms with Gasteiger partial charge in [0.2, 0.25) is 11.8 Å². The summed E-state index contributed by atoms with van der Waals surface area (Å²) in [6, 6.07) is -0.620. The van der Waals surface area contributed by atoms with Gasteiger partial charge in [0.05, 0.1) is 5.92 Å². The summed E-state index contributed by atoms with van der Waals surface area (Å²) in [5.74, 6) is -2.06. The smallest absolute Gasteiger partial charge is 0.306 e. The molecule has 114 valence electrons. The van der Waals surface area contributed by atoms with Crippen molar-refractivity contribution >= 4 is 17.8 Å². The molecule has 0 aromatic rings. The minimum absolute atomic E-state index is 0.231. The topological polar surface area (TPSA) is 95.5 Å². The van der Waals surface area contributed by atoms with Crippen LogP contribution >= 0.6 is 0 Å². The number of carboxylic acids is 1. The van der Waals surface area contributed by atoms with E-state index >= 15 is 0 Å². The Morgan fingerprint density at radius 2 is 1.70 bits per heavy atom. The quantitative estimate of drug-likeness (QED) is 0.715. The van der Waals surface area contributed by atoms with E-state index in [1.165, 1.54) is 0 Å². The van der Waals surface area contributed by atoms with E-state index in [0.717, 1.165) is 0 Å². The first kappa shape index (κ1) is 16.5. The molecule has 0 spiro atoms. The molecule has 1 unspecified atom stereocenters. The second-order valence-corrected chi connectivity index (χ2v) is 6.51. The van der Waals surface area contributed by atoms with Crippen molar-refractivity contribution < 1.29 is 19.5 Å². The van der Waals surface area contributed by atoms with Crippen molar-refractivity contribution in [3.05, 3.63) is 0 Å². The fraction of sp³-hybridized carbons (Fsp3) is 0.786. The minimum atomic E-state index is -0.848. The van der Waals surface area contributed by atoms with Crippen LogP contribution in [0.1, 0.15) is 47.0 Å². The number of rotatable bonds is 4. The molecule has 3 atom stereocenters. The summed E-state index contributed by atoms with van der Waals surface area (Å²) in [6.45, 7) is 7.23. The van der Waals surface area contributed by atoms with Crippen LogP contribution < -0.4 is 10.6 Å². The van der Waals surface area contributed by atoms with Crippen LogP contribution in [0.3, 0.4) is 0 Å². The largest absolute Gasteiger partial charge is 0.481 e. The van der Waals surface area contributed by atoms with Gasteiger partial charge in [0, 0.05) is 11.5 Å². The zero-order valence-corrected chi connectivity index (χ0v) is 12.5. The third-order valence-electron chi connectivity index (χ3n) is 3.40. The van der Waals surface area contributed by atoms with Crippen molar-refractivity contribution in [2.45, 2.75) is 58.5 Å². The van der Waals surface area contributed by atoms with Gasteiger partial charge in [-0.25, -0.2) is 0 Å². The van der Waals surface area contributed by atoms with E-state index < -0.39 is 17.9 Å². The predicted octanol–water partition coefficient (Wildman–Crippen LogP) is 0.907. The second-order valence-electron chi connectivity index (χ2n) is 6.51. The van der Waals surface area contributed by atoms with Crippen LogP contribution in [0.15, 0.2) is 0 Å². The number of hydrogen-bond donors (Lipinski definition) is 3. The molecular formula is C14H24N2O4. The van der Waals surface area contributed by atoms with Crippen molar-refractivity contribution in [2.75, 3.05) is 0 Å². The Morgan fingerprint density at radius 1 is 1.15 bits per heavy atom. The monoisotopic (exact) mass is 284 g/mol. The lowest BCUT2D eigenvalue weighted by atomic mass is 10.0. The predicted molar refractivity (Wildman–Crippen MR) is 74.0 cm³/mol. The van der Waals surface area contributed by atoms with E-state index in [0.29, 0.717) is 19.3 Å². The number of nitrogens with one attached hydrogen (secondary N) is 2. The Hall–Kier alpha value is -1.59. The molecule has 0 aromatic carbocycles. The Balaban J connectivity index is 2.46. The zero-order chi connectivity index (χ0) is 15.5. The maximum absolute atomic E-state index is 12.0. The van der Waals surface area contributed by atoms with Crippen molar-refractivity contribution in [1.29, 1.82) is 0 Å². The molecule has 1 fully saturated rings. The summed E-state index contributed by atoms with van der Waals surface area (Å²) < 4.78 is 0. The number of carbonyl (C=O) groups excluding carboxylic acids is 2. The van der Waals surface area contributed by atoms with Gasteiger partial charge in [-0.1, -0.05) is 0 Å². The second kappa shape index (κ2) is 6.24. The lowest BCUT2D eigenvalue weighted by Gasteiger charge is -2.24. The molecule has 2 amide bonds. The lowest BCUT2D eigenvalue weighted by Crippen LogP contribution is -2.51. The summed E-state index contributed by atoms with van der Waals surface area (Å²) in [5.41, 5.74) is -0.349. The van der Waals surface area contributed by atoms with E-state index in [-0.39, 0.29) is 23.3 Å². The molecule has 3 N–H and O–H groups in total. The SMILES string of the molecule is CC(NC(=O)[C@@H]1CC[C@H](C(=O)O)C1)C(=O)NC(C)(C)C. The van der Waals surface area contributed by atoms with Crippen LogP contribution in [0.25, 0.3) is 0 Å². The van der Waals surface area contributed by atoms with Gasteiger partial charge in [-0.2, -0.15) is 0 Å². The zero-order valence-electron chi connectivity index (χ0n) is 12.5. The molecule has 0 radical (unpaired) electrons. The first-order valence-corrected chi connectivity index (χ1v) is 6.95. The lowest BCUT2D eigenvalue weighted by molar-refractivity contribution is -0.141. The Kier molecular flexibility index (Phi) is 5.14. The molecule has 1 saturated carbocycles. The van der Waals surface area contributed by atoms with Gasteiger partial charge >= 0.3 is 5.97 Å². The first-order chi connectivity index (χ1) is 9.10. The van der Waals surface area contributed by atoms with Gasteiger partial charge < -0.3 is 15.7 Å². The molecular weight excluding hydrogens is 260 g/mol. The Bertz CT molecular complexity index is 400. The number of carboxylic acid groups (broad SMARTS) is 1. The third kappa shape index (κ3) is 4.83. The average molecular weight is 284 g/mol. The van der Waals surface area contributed by atoms with Gasteiger partial charge in [-0.3, -0.25) is 14.4 Å². The fourth-order valence-corrected chi connectivity index (χ4v) is 2.32.